The fourth-order valence-electron chi connectivity index (χ4n) is 2.23. The Kier molecular flexibility index (Phi) is 10.1. The summed E-state index contributed by atoms with van der Waals surface area (Å²) in [5.41, 5.74) is 2.42. The molecule has 0 amide bonds. The molecule has 0 saturated carbocycles. The fourth-order valence-corrected chi connectivity index (χ4v) is 2.23. The summed E-state index contributed by atoms with van der Waals surface area (Å²) >= 11 is 0. The lowest BCUT2D eigenvalue weighted by molar-refractivity contribution is 0.125. The van der Waals surface area contributed by atoms with E-state index in [9.17, 15) is 0 Å². The van der Waals surface area contributed by atoms with Crippen molar-refractivity contribution in [3.05, 3.63) is 71.8 Å². The van der Waals surface area contributed by atoms with Crippen LogP contribution >= 0.6 is 24.0 Å². The summed E-state index contributed by atoms with van der Waals surface area (Å²) < 4.78 is 5.66. The summed E-state index contributed by atoms with van der Waals surface area (Å²) in [6.45, 7) is 4.10. The third-order valence-corrected chi connectivity index (χ3v) is 3.53. The van der Waals surface area contributed by atoms with Crippen molar-refractivity contribution >= 4 is 29.9 Å². The molecule has 0 aromatic heterocycles. The normalized spacial score (nSPS) is 12.2. The SMILES string of the molecule is CN=C(NCCOCc1ccccc1)NC(C)c1ccccc1.I. The van der Waals surface area contributed by atoms with Gasteiger partial charge >= 0.3 is 0 Å². The molecule has 2 N–H and O–H groups in total. The predicted molar refractivity (Wildman–Crippen MR) is 111 cm³/mol. The maximum absolute atomic E-state index is 5.66. The van der Waals surface area contributed by atoms with E-state index in [-0.39, 0.29) is 30.0 Å². The molecule has 0 heterocycles. The highest BCUT2D eigenvalue weighted by Gasteiger charge is 2.06. The molecule has 0 spiro atoms. The average Bonchev–Trinajstić information content (AvgIpc) is 2.62. The van der Waals surface area contributed by atoms with Crippen molar-refractivity contribution in [2.24, 2.45) is 4.99 Å². The first-order valence-electron chi connectivity index (χ1n) is 7.93. The lowest BCUT2D eigenvalue weighted by atomic mass is 10.1. The topological polar surface area (TPSA) is 45.7 Å². The lowest BCUT2D eigenvalue weighted by Crippen LogP contribution is -2.40. The second-order valence-corrected chi connectivity index (χ2v) is 5.31. The van der Waals surface area contributed by atoms with E-state index in [2.05, 4.69) is 46.8 Å². The number of ether oxygens (including phenoxy) is 1. The number of halogens is 1. The highest BCUT2D eigenvalue weighted by atomic mass is 127. The standard InChI is InChI=1S/C19H25N3O.HI/c1-16(18-11-7-4-8-12-18)22-19(20-2)21-13-14-23-15-17-9-5-3-6-10-17;/h3-12,16H,13-15H2,1-2H3,(H2,20,21,22);1H. The summed E-state index contributed by atoms with van der Waals surface area (Å²) in [7, 11) is 1.78. The van der Waals surface area contributed by atoms with Crippen molar-refractivity contribution < 1.29 is 4.74 Å². The Morgan fingerprint density at radius 1 is 1.04 bits per heavy atom. The van der Waals surface area contributed by atoms with E-state index in [1.807, 2.05) is 36.4 Å². The zero-order valence-corrected chi connectivity index (χ0v) is 16.6. The van der Waals surface area contributed by atoms with Crippen LogP contribution in [-0.2, 0) is 11.3 Å². The predicted octanol–water partition coefficient (Wildman–Crippen LogP) is 3.75. The molecule has 0 saturated heterocycles. The van der Waals surface area contributed by atoms with Gasteiger partial charge in [-0.15, -0.1) is 24.0 Å². The van der Waals surface area contributed by atoms with Crippen molar-refractivity contribution in [3.8, 4) is 0 Å². The monoisotopic (exact) mass is 439 g/mol. The molecule has 24 heavy (non-hydrogen) atoms. The Labute approximate surface area is 161 Å². The first-order valence-corrected chi connectivity index (χ1v) is 7.93. The number of nitrogens with one attached hydrogen (secondary N) is 2. The van der Waals surface area contributed by atoms with E-state index < -0.39 is 0 Å². The minimum Gasteiger partial charge on any atom is -0.375 e. The first kappa shape index (κ1) is 20.4. The zero-order chi connectivity index (χ0) is 16.3. The summed E-state index contributed by atoms with van der Waals surface area (Å²) in [5.74, 6) is 0.782. The van der Waals surface area contributed by atoms with Crippen LogP contribution in [0, 0.1) is 0 Å². The molecular formula is C19H26IN3O. The number of guanidine groups is 1. The van der Waals surface area contributed by atoms with E-state index in [0.717, 1.165) is 5.96 Å². The minimum atomic E-state index is 0. The number of benzene rings is 2. The molecule has 1 unspecified atom stereocenters. The van der Waals surface area contributed by atoms with Gasteiger partial charge in [0.15, 0.2) is 5.96 Å². The van der Waals surface area contributed by atoms with Gasteiger partial charge in [0.2, 0.25) is 0 Å². The number of hydrogen-bond donors (Lipinski definition) is 2. The van der Waals surface area contributed by atoms with Crippen LogP contribution in [0.3, 0.4) is 0 Å². The van der Waals surface area contributed by atoms with Crippen LogP contribution < -0.4 is 10.6 Å². The highest BCUT2D eigenvalue weighted by Crippen LogP contribution is 2.10. The minimum absolute atomic E-state index is 0. The van der Waals surface area contributed by atoms with Crippen LogP contribution in [0.4, 0.5) is 0 Å². The third-order valence-electron chi connectivity index (χ3n) is 3.53. The van der Waals surface area contributed by atoms with Crippen LogP contribution in [0.1, 0.15) is 24.1 Å². The van der Waals surface area contributed by atoms with Crippen LogP contribution in [0.2, 0.25) is 0 Å². The molecule has 0 fully saturated rings. The summed E-state index contributed by atoms with van der Waals surface area (Å²) in [6, 6.07) is 20.7. The maximum Gasteiger partial charge on any atom is 0.191 e. The molecule has 0 aliphatic heterocycles. The third kappa shape index (κ3) is 7.31. The van der Waals surface area contributed by atoms with Crippen LogP contribution in [0.15, 0.2) is 65.7 Å². The molecular weight excluding hydrogens is 413 g/mol. The van der Waals surface area contributed by atoms with Crippen LogP contribution in [0.5, 0.6) is 0 Å². The van der Waals surface area contributed by atoms with E-state index in [0.29, 0.717) is 19.8 Å². The molecule has 0 bridgehead atoms. The molecule has 1 atom stereocenters. The molecule has 2 aromatic rings. The van der Waals surface area contributed by atoms with Gasteiger partial charge in [-0.25, -0.2) is 0 Å². The summed E-state index contributed by atoms with van der Waals surface area (Å²) in [6.07, 6.45) is 0. The van der Waals surface area contributed by atoms with Crippen molar-refractivity contribution in [2.75, 3.05) is 20.2 Å². The average molecular weight is 439 g/mol. The molecule has 0 radical (unpaired) electrons. The number of rotatable bonds is 7. The second-order valence-electron chi connectivity index (χ2n) is 5.31. The Morgan fingerprint density at radius 3 is 2.29 bits per heavy atom. The zero-order valence-electron chi connectivity index (χ0n) is 14.2. The van der Waals surface area contributed by atoms with E-state index in [4.69, 9.17) is 4.74 Å². The molecule has 130 valence electrons. The molecule has 5 heteroatoms. The first-order chi connectivity index (χ1) is 11.3. The Bertz CT molecular complexity index is 590. The van der Waals surface area contributed by atoms with Gasteiger partial charge in [0.25, 0.3) is 0 Å². The van der Waals surface area contributed by atoms with Gasteiger partial charge < -0.3 is 15.4 Å². The Hall–Kier alpha value is -1.60. The van der Waals surface area contributed by atoms with Gasteiger partial charge in [-0.05, 0) is 18.1 Å². The summed E-state index contributed by atoms with van der Waals surface area (Å²) in [4.78, 5) is 4.25. The van der Waals surface area contributed by atoms with Crippen LogP contribution in [0.25, 0.3) is 0 Å². The largest absolute Gasteiger partial charge is 0.375 e. The molecule has 0 aliphatic rings. The van der Waals surface area contributed by atoms with Crippen molar-refractivity contribution in [1.82, 2.24) is 10.6 Å². The van der Waals surface area contributed by atoms with Gasteiger partial charge in [0.05, 0.1) is 19.3 Å². The smallest absolute Gasteiger partial charge is 0.191 e. The summed E-state index contributed by atoms with van der Waals surface area (Å²) in [5, 5.41) is 6.65. The quantitative estimate of drug-likeness (QED) is 0.299. The molecule has 2 rings (SSSR count). The van der Waals surface area contributed by atoms with E-state index in [1.165, 1.54) is 11.1 Å². The van der Waals surface area contributed by atoms with Gasteiger partial charge in [-0.3, -0.25) is 4.99 Å². The van der Waals surface area contributed by atoms with Gasteiger partial charge in [0, 0.05) is 13.6 Å². The van der Waals surface area contributed by atoms with E-state index >= 15 is 0 Å². The highest BCUT2D eigenvalue weighted by molar-refractivity contribution is 14.0. The Morgan fingerprint density at radius 2 is 1.67 bits per heavy atom. The second kappa shape index (κ2) is 11.9. The van der Waals surface area contributed by atoms with Crippen LogP contribution in [-0.4, -0.2) is 26.2 Å². The van der Waals surface area contributed by atoms with E-state index in [1.54, 1.807) is 7.05 Å². The molecule has 4 nitrogen and oxygen atoms in total. The van der Waals surface area contributed by atoms with Crippen molar-refractivity contribution in [1.29, 1.82) is 0 Å². The lowest BCUT2D eigenvalue weighted by Gasteiger charge is -2.18. The van der Waals surface area contributed by atoms with Crippen molar-refractivity contribution in [2.45, 2.75) is 19.6 Å². The van der Waals surface area contributed by atoms with Gasteiger partial charge in [-0.2, -0.15) is 0 Å². The van der Waals surface area contributed by atoms with Gasteiger partial charge in [-0.1, -0.05) is 60.7 Å². The Balaban J connectivity index is 0.00000288. The fraction of sp³-hybridized carbons (Fsp3) is 0.316. The number of hydrogen-bond acceptors (Lipinski definition) is 2. The maximum atomic E-state index is 5.66. The number of aliphatic imine (C=N–C) groups is 1. The van der Waals surface area contributed by atoms with Gasteiger partial charge in [0.1, 0.15) is 0 Å². The molecule has 0 aliphatic carbocycles. The van der Waals surface area contributed by atoms with Crippen molar-refractivity contribution in [3.63, 3.8) is 0 Å². The number of nitrogens with zero attached hydrogens (tertiary/aromatic N) is 1. The molecule has 2 aromatic carbocycles.